The van der Waals surface area contributed by atoms with Gasteiger partial charge >= 0.3 is 6.09 Å². The summed E-state index contributed by atoms with van der Waals surface area (Å²) in [7, 11) is 0. The van der Waals surface area contributed by atoms with Crippen LogP contribution >= 0.6 is 0 Å². The highest BCUT2D eigenvalue weighted by atomic mass is 16.6. The lowest BCUT2D eigenvalue weighted by Crippen LogP contribution is -2.27. The number of carbonyl (C=O) groups excluding carboxylic acids is 1. The van der Waals surface area contributed by atoms with E-state index in [1.54, 1.807) is 39.0 Å². The first-order chi connectivity index (χ1) is 9.31. The third kappa shape index (κ3) is 5.79. The number of rotatable bonds is 5. The molecule has 0 saturated carbocycles. The summed E-state index contributed by atoms with van der Waals surface area (Å²) in [5.41, 5.74) is 6.22. The Morgan fingerprint density at radius 2 is 2.10 bits per heavy atom. The molecule has 0 spiro atoms. The van der Waals surface area contributed by atoms with E-state index in [2.05, 4.69) is 5.32 Å². The topological polar surface area (TPSA) is 93.8 Å². The van der Waals surface area contributed by atoms with Crippen molar-refractivity contribution in [2.24, 2.45) is 0 Å². The van der Waals surface area contributed by atoms with Gasteiger partial charge in [-0.2, -0.15) is 0 Å². The predicted octanol–water partition coefficient (Wildman–Crippen LogP) is 2.38. The molecule has 6 nitrogen and oxygen atoms in total. The Morgan fingerprint density at radius 1 is 1.40 bits per heavy atom. The molecule has 1 aromatic rings. The number of amides is 1. The van der Waals surface area contributed by atoms with E-state index in [1.807, 2.05) is 0 Å². The molecule has 6 heteroatoms. The zero-order chi connectivity index (χ0) is 15.2. The average Bonchev–Trinajstić information content (AvgIpc) is 2.31. The molecule has 0 heterocycles. The molecule has 0 atom stereocenters. The van der Waals surface area contributed by atoms with Crippen LogP contribution in [0.3, 0.4) is 0 Å². The molecule has 4 N–H and O–H groups in total. The second-order valence-electron chi connectivity index (χ2n) is 5.31. The van der Waals surface area contributed by atoms with Gasteiger partial charge in [-0.15, -0.1) is 0 Å². The minimum Gasteiger partial charge on any atom is -0.491 e. The van der Waals surface area contributed by atoms with Crippen LogP contribution in [-0.2, 0) is 4.74 Å². The van der Waals surface area contributed by atoms with Gasteiger partial charge in [0.1, 0.15) is 11.4 Å². The zero-order valence-electron chi connectivity index (χ0n) is 12.1. The lowest BCUT2D eigenvalue weighted by Gasteiger charge is -2.20. The summed E-state index contributed by atoms with van der Waals surface area (Å²) in [6.07, 6.45) is -0.0213. The minimum atomic E-state index is -0.557. The Bertz CT molecular complexity index is 455. The Hall–Kier alpha value is -1.95. The second-order valence-corrected chi connectivity index (χ2v) is 5.31. The maximum atomic E-state index is 11.6. The molecular weight excluding hydrogens is 260 g/mol. The van der Waals surface area contributed by atoms with Gasteiger partial charge in [0, 0.05) is 24.8 Å². The molecule has 0 aromatic heterocycles. The summed E-state index contributed by atoms with van der Waals surface area (Å²) in [5, 5.41) is 11.3. The van der Waals surface area contributed by atoms with Gasteiger partial charge in [-0.1, -0.05) is 0 Å². The lowest BCUT2D eigenvalue weighted by atomic mass is 10.2. The van der Waals surface area contributed by atoms with E-state index in [1.165, 1.54) is 0 Å². The van der Waals surface area contributed by atoms with Crippen molar-refractivity contribution in [2.45, 2.75) is 32.8 Å². The standard InChI is InChI=1S/C14H22N2O4/c1-14(2,3)20-13(18)16-10-5-6-11(15)12(9-10)19-8-4-7-17/h5-6,9,17H,4,7-8,15H2,1-3H3,(H,16,18). The van der Waals surface area contributed by atoms with E-state index in [0.717, 1.165) is 0 Å². The van der Waals surface area contributed by atoms with Gasteiger partial charge in [-0.3, -0.25) is 5.32 Å². The number of nitrogen functional groups attached to an aromatic ring is 1. The van der Waals surface area contributed by atoms with Gasteiger partial charge in [-0.25, -0.2) is 4.79 Å². The van der Waals surface area contributed by atoms with Crippen molar-refractivity contribution < 1.29 is 19.4 Å². The molecule has 20 heavy (non-hydrogen) atoms. The highest BCUT2D eigenvalue weighted by molar-refractivity contribution is 5.85. The third-order valence-corrected chi connectivity index (χ3v) is 2.22. The number of hydrogen-bond acceptors (Lipinski definition) is 5. The summed E-state index contributed by atoms with van der Waals surface area (Å²) < 4.78 is 10.6. The van der Waals surface area contributed by atoms with Crippen molar-refractivity contribution in [3.8, 4) is 5.75 Å². The molecule has 0 saturated heterocycles. The molecule has 0 aliphatic carbocycles. The molecule has 0 fully saturated rings. The van der Waals surface area contributed by atoms with Crippen LogP contribution in [-0.4, -0.2) is 30.0 Å². The van der Waals surface area contributed by atoms with Gasteiger partial charge in [0.2, 0.25) is 0 Å². The van der Waals surface area contributed by atoms with Crippen LogP contribution in [0.2, 0.25) is 0 Å². The van der Waals surface area contributed by atoms with Gasteiger partial charge in [0.15, 0.2) is 0 Å². The monoisotopic (exact) mass is 282 g/mol. The fourth-order valence-electron chi connectivity index (χ4n) is 1.41. The van der Waals surface area contributed by atoms with E-state index >= 15 is 0 Å². The summed E-state index contributed by atoms with van der Waals surface area (Å²) in [5.74, 6) is 0.465. The highest BCUT2D eigenvalue weighted by Crippen LogP contribution is 2.26. The molecular formula is C14H22N2O4. The lowest BCUT2D eigenvalue weighted by molar-refractivity contribution is 0.0636. The van der Waals surface area contributed by atoms with Crippen LogP contribution in [0.25, 0.3) is 0 Å². The Balaban J connectivity index is 2.67. The summed E-state index contributed by atoms with van der Waals surface area (Å²) in [4.78, 5) is 11.6. The number of anilines is 2. The summed E-state index contributed by atoms with van der Waals surface area (Å²) >= 11 is 0. The maximum absolute atomic E-state index is 11.6. The van der Waals surface area contributed by atoms with Crippen LogP contribution in [0, 0.1) is 0 Å². The van der Waals surface area contributed by atoms with Gasteiger partial charge in [0.05, 0.1) is 12.3 Å². The normalized spacial score (nSPS) is 11.0. The number of nitrogens with two attached hydrogens (primary N) is 1. The molecule has 0 aliphatic heterocycles. The maximum Gasteiger partial charge on any atom is 0.412 e. The average molecular weight is 282 g/mol. The second kappa shape index (κ2) is 7.00. The van der Waals surface area contributed by atoms with Gasteiger partial charge < -0.3 is 20.3 Å². The van der Waals surface area contributed by atoms with Crippen LogP contribution in [0.15, 0.2) is 18.2 Å². The SMILES string of the molecule is CC(C)(C)OC(=O)Nc1ccc(N)c(OCCCO)c1. The predicted molar refractivity (Wildman–Crippen MR) is 77.9 cm³/mol. The van der Waals surface area contributed by atoms with Crippen LogP contribution in [0.4, 0.5) is 16.2 Å². The number of nitrogens with one attached hydrogen (secondary N) is 1. The first kappa shape index (κ1) is 16.1. The van der Waals surface area contributed by atoms with E-state index in [0.29, 0.717) is 30.2 Å². The van der Waals surface area contributed by atoms with Crippen LogP contribution in [0.1, 0.15) is 27.2 Å². The number of aliphatic hydroxyl groups is 1. The van der Waals surface area contributed by atoms with Crippen molar-refractivity contribution in [1.29, 1.82) is 0 Å². The van der Waals surface area contributed by atoms with E-state index in [-0.39, 0.29) is 6.61 Å². The Labute approximate surface area is 118 Å². The largest absolute Gasteiger partial charge is 0.491 e. The molecule has 1 rings (SSSR count). The Morgan fingerprint density at radius 3 is 2.70 bits per heavy atom. The van der Waals surface area contributed by atoms with Crippen LogP contribution < -0.4 is 15.8 Å². The Kier molecular flexibility index (Phi) is 5.64. The molecule has 0 bridgehead atoms. The number of aliphatic hydroxyl groups excluding tert-OH is 1. The number of hydrogen-bond donors (Lipinski definition) is 3. The molecule has 1 aromatic carbocycles. The van der Waals surface area contributed by atoms with Crippen molar-refractivity contribution in [3.63, 3.8) is 0 Å². The highest BCUT2D eigenvalue weighted by Gasteiger charge is 2.16. The summed E-state index contributed by atoms with van der Waals surface area (Å²) in [6, 6.07) is 4.93. The molecule has 1 amide bonds. The summed E-state index contributed by atoms with van der Waals surface area (Å²) in [6.45, 7) is 5.78. The van der Waals surface area contributed by atoms with Crippen molar-refractivity contribution in [1.82, 2.24) is 0 Å². The minimum absolute atomic E-state index is 0.0513. The fraction of sp³-hybridized carbons (Fsp3) is 0.500. The molecule has 0 radical (unpaired) electrons. The first-order valence-corrected chi connectivity index (χ1v) is 6.45. The van der Waals surface area contributed by atoms with Crippen molar-refractivity contribution in [3.05, 3.63) is 18.2 Å². The van der Waals surface area contributed by atoms with Gasteiger partial charge in [0.25, 0.3) is 0 Å². The number of ether oxygens (including phenoxy) is 2. The van der Waals surface area contributed by atoms with Crippen molar-refractivity contribution in [2.75, 3.05) is 24.3 Å². The van der Waals surface area contributed by atoms with E-state index in [4.69, 9.17) is 20.3 Å². The first-order valence-electron chi connectivity index (χ1n) is 6.45. The quantitative estimate of drug-likeness (QED) is 0.569. The van der Waals surface area contributed by atoms with E-state index in [9.17, 15) is 4.79 Å². The third-order valence-electron chi connectivity index (χ3n) is 2.22. The van der Waals surface area contributed by atoms with Crippen LogP contribution in [0.5, 0.6) is 5.75 Å². The number of carbonyl (C=O) groups is 1. The van der Waals surface area contributed by atoms with Gasteiger partial charge in [-0.05, 0) is 32.9 Å². The molecule has 0 unspecified atom stereocenters. The van der Waals surface area contributed by atoms with Crippen molar-refractivity contribution >= 4 is 17.5 Å². The number of benzene rings is 1. The molecule has 0 aliphatic rings. The van der Waals surface area contributed by atoms with E-state index < -0.39 is 11.7 Å². The smallest absolute Gasteiger partial charge is 0.412 e. The fourth-order valence-corrected chi connectivity index (χ4v) is 1.41. The zero-order valence-corrected chi connectivity index (χ0v) is 12.1. The molecule has 112 valence electrons.